The fraction of sp³-hybridized carbons (Fsp3) is 0.889. The highest BCUT2D eigenvalue weighted by Gasteiger charge is 2.35. The lowest BCUT2D eigenvalue weighted by Gasteiger charge is -2.44. The second kappa shape index (κ2) is 9.14. The van der Waals surface area contributed by atoms with Crippen molar-refractivity contribution in [2.75, 3.05) is 26.7 Å². The highest BCUT2D eigenvalue weighted by molar-refractivity contribution is 5.78. The number of likely N-dealkylation sites (tertiary alicyclic amines) is 1. The Morgan fingerprint density at radius 3 is 2.70 bits per heavy atom. The number of nitrogens with zero attached hydrogens (tertiary/aromatic N) is 2. The van der Waals surface area contributed by atoms with Gasteiger partial charge in [-0.1, -0.05) is 26.2 Å². The second-order valence-electron chi connectivity index (χ2n) is 7.10. The molecule has 1 aliphatic carbocycles. The zero-order chi connectivity index (χ0) is 16.7. The van der Waals surface area contributed by atoms with Crippen molar-refractivity contribution < 1.29 is 9.59 Å². The predicted octanol–water partition coefficient (Wildman–Crippen LogP) is 3.00. The molecule has 0 spiro atoms. The Hall–Kier alpha value is -1.26. The number of carbonyl (C=O) groups is 2. The first kappa shape index (κ1) is 18.1. The third-order valence-electron chi connectivity index (χ3n) is 5.39. The third kappa shape index (κ3) is 5.11. The summed E-state index contributed by atoms with van der Waals surface area (Å²) in [5.41, 5.74) is 0. The average Bonchev–Trinajstić information content (AvgIpc) is 2.58. The zero-order valence-corrected chi connectivity index (χ0v) is 14.9. The summed E-state index contributed by atoms with van der Waals surface area (Å²) in [4.78, 5) is 28.3. The third-order valence-corrected chi connectivity index (χ3v) is 5.39. The van der Waals surface area contributed by atoms with Crippen LogP contribution in [0.1, 0.15) is 64.7 Å². The zero-order valence-electron chi connectivity index (χ0n) is 14.9. The lowest BCUT2D eigenvalue weighted by molar-refractivity contribution is -0.129. The molecule has 1 N–H and O–H groups in total. The molecule has 2 unspecified atom stereocenters. The quantitative estimate of drug-likeness (QED) is 0.817. The molecule has 0 aromatic carbocycles. The number of fused-ring (bicyclic) bond motifs is 1. The summed E-state index contributed by atoms with van der Waals surface area (Å²) in [5.74, 6) is 0.818. The molecule has 5 heteroatoms. The first-order valence-corrected chi connectivity index (χ1v) is 9.42. The van der Waals surface area contributed by atoms with Crippen molar-refractivity contribution in [2.24, 2.45) is 5.92 Å². The Morgan fingerprint density at radius 1 is 1.17 bits per heavy atom. The Bertz CT molecular complexity index is 398. The molecule has 1 heterocycles. The van der Waals surface area contributed by atoms with Crippen LogP contribution in [-0.2, 0) is 4.79 Å². The fourth-order valence-electron chi connectivity index (χ4n) is 3.97. The van der Waals surface area contributed by atoms with Crippen LogP contribution in [0.3, 0.4) is 0 Å². The Labute approximate surface area is 140 Å². The summed E-state index contributed by atoms with van der Waals surface area (Å²) >= 11 is 0. The van der Waals surface area contributed by atoms with Gasteiger partial charge in [-0.25, -0.2) is 4.79 Å². The van der Waals surface area contributed by atoms with E-state index in [1.165, 1.54) is 25.7 Å². The summed E-state index contributed by atoms with van der Waals surface area (Å²) in [6.07, 6.45) is 9.89. The molecule has 1 saturated heterocycles. The molecule has 2 atom stereocenters. The van der Waals surface area contributed by atoms with E-state index < -0.39 is 0 Å². The van der Waals surface area contributed by atoms with E-state index in [1.54, 1.807) is 4.90 Å². The molecule has 2 aliphatic rings. The molecule has 0 radical (unpaired) electrons. The van der Waals surface area contributed by atoms with Crippen molar-refractivity contribution in [3.05, 3.63) is 0 Å². The molecule has 1 saturated carbocycles. The van der Waals surface area contributed by atoms with Crippen molar-refractivity contribution in [2.45, 2.75) is 70.8 Å². The van der Waals surface area contributed by atoms with E-state index in [0.717, 1.165) is 38.8 Å². The van der Waals surface area contributed by atoms with Gasteiger partial charge in [0.15, 0.2) is 0 Å². The van der Waals surface area contributed by atoms with E-state index in [-0.39, 0.29) is 11.9 Å². The molecule has 5 nitrogen and oxygen atoms in total. The number of amides is 3. The highest BCUT2D eigenvalue weighted by Crippen LogP contribution is 2.35. The minimum Gasteiger partial charge on any atom is -0.346 e. The summed E-state index contributed by atoms with van der Waals surface area (Å²) in [6, 6.07) is 0.464. The summed E-state index contributed by atoms with van der Waals surface area (Å²) in [6.45, 7) is 4.24. The number of nitrogens with one attached hydrogen (secondary N) is 1. The molecule has 132 valence electrons. The largest absolute Gasteiger partial charge is 0.346 e. The summed E-state index contributed by atoms with van der Waals surface area (Å²) in [7, 11) is 1.84. The van der Waals surface area contributed by atoms with Gasteiger partial charge in [-0.05, 0) is 38.0 Å². The van der Waals surface area contributed by atoms with Gasteiger partial charge < -0.3 is 15.1 Å². The topological polar surface area (TPSA) is 52.7 Å². The lowest BCUT2D eigenvalue weighted by atomic mass is 9.78. The second-order valence-corrected chi connectivity index (χ2v) is 7.10. The van der Waals surface area contributed by atoms with Crippen molar-refractivity contribution in [3.8, 4) is 0 Å². The van der Waals surface area contributed by atoms with Crippen LogP contribution in [0.15, 0.2) is 0 Å². The van der Waals surface area contributed by atoms with E-state index in [0.29, 0.717) is 24.9 Å². The van der Waals surface area contributed by atoms with Crippen LogP contribution in [0.25, 0.3) is 0 Å². The lowest BCUT2D eigenvalue weighted by Crippen LogP contribution is -2.53. The molecule has 23 heavy (non-hydrogen) atoms. The van der Waals surface area contributed by atoms with E-state index in [1.807, 2.05) is 11.9 Å². The number of urea groups is 1. The number of hydrogen-bond acceptors (Lipinski definition) is 2. The monoisotopic (exact) mass is 323 g/mol. The van der Waals surface area contributed by atoms with E-state index >= 15 is 0 Å². The number of hydrogen-bond donors (Lipinski definition) is 1. The maximum atomic E-state index is 12.5. The van der Waals surface area contributed by atoms with Crippen LogP contribution in [-0.4, -0.2) is 54.5 Å². The minimum atomic E-state index is 0.0330. The van der Waals surface area contributed by atoms with E-state index in [4.69, 9.17) is 0 Å². The molecule has 0 aromatic rings. The fourth-order valence-corrected chi connectivity index (χ4v) is 3.97. The first-order valence-electron chi connectivity index (χ1n) is 9.42. The number of piperidine rings is 1. The predicted molar refractivity (Wildman–Crippen MR) is 92.2 cm³/mol. The normalized spacial score (nSPS) is 24.0. The molecule has 0 aromatic heterocycles. The van der Waals surface area contributed by atoms with Crippen LogP contribution in [0.5, 0.6) is 0 Å². The van der Waals surface area contributed by atoms with Crippen LogP contribution in [0.4, 0.5) is 4.79 Å². The Balaban J connectivity index is 1.72. The van der Waals surface area contributed by atoms with Crippen molar-refractivity contribution in [3.63, 3.8) is 0 Å². The molecule has 3 amide bonds. The van der Waals surface area contributed by atoms with Gasteiger partial charge in [0.1, 0.15) is 0 Å². The maximum Gasteiger partial charge on any atom is 0.317 e. The van der Waals surface area contributed by atoms with E-state index in [2.05, 4.69) is 12.2 Å². The van der Waals surface area contributed by atoms with Crippen LogP contribution >= 0.6 is 0 Å². The van der Waals surface area contributed by atoms with Gasteiger partial charge in [0.2, 0.25) is 5.91 Å². The SMILES string of the molecule is CCCCN(C)C(=O)CCNC(=O)N1CCCC2CCCCC21. The van der Waals surface area contributed by atoms with Crippen LogP contribution in [0, 0.1) is 5.92 Å². The molecule has 0 bridgehead atoms. The molecule has 2 fully saturated rings. The average molecular weight is 323 g/mol. The van der Waals surface area contributed by atoms with Crippen molar-refractivity contribution >= 4 is 11.9 Å². The van der Waals surface area contributed by atoms with Gasteiger partial charge in [-0.2, -0.15) is 0 Å². The Kier molecular flexibility index (Phi) is 7.18. The first-order chi connectivity index (χ1) is 11.1. The van der Waals surface area contributed by atoms with Gasteiger partial charge in [-0.3, -0.25) is 4.79 Å². The van der Waals surface area contributed by atoms with Gasteiger partial charge in [0, 0.05) is 39.1 Å². The van der Waals surface area contributed by atoms with Gasteiger partial charge in [-0.15, -0.1) is 0 Å². The van der Waals surface area contributed by atoms with Gasteiger partial charge in [0.05, 0.1) is 0 Å². The minimum absolute atomic E-state index is 0.0330. The highest BCUT2D eigenvalue weighted by atomic mass is 16.2. The number of unbranched alkanes of at least 4 members (excludes halogenated alkanes) is 1. The van der Waals surface area contributed by atoms with Gasteiger partial charge >= 0.3 is 6.03 Å². The van der Waals surface area contributed by atoms with Crippen LogP contribution < -0.4 is 5.32 Å². The summed E-state index contributed by atoms with van der Waals surface area (Å²) in [5, 5.41) is 2.97. The molecular weight excluding hydrogens is 290 g/mol. The van der Waals surface area contributed by atoms with Crippen LogP contribution in [0.2, 0.25) is 0 Å². The number of rotatable bonds is 6. The molecule has 2 rings (SSSR count). The molecule has 1 aliphatic heterocycles. The molecular formula is C18H33N3O2. The smallest absolute Gasteiger partial charge is 0.317 e. The standard InChI is InChI=1S/C18H33N3O2/c1-3-4-13-20(2)17(22)11-12-19-18(23)21-14-7-9-15-8-5-6-10-16(15)21/h15-16H,3-14H2,1-2H3,(H,19,23). The van der Waals surface area contributed by atoms with Gasteiger partial charge in [0.25, 0.3) is 0 Å². The van der Waals surface area contributed by atoms with Crippen molar-refractivity contribution in [1.29, 1.82) is 0 Å². The maximum absolute atomic E-state index is 12.5. The van der Waals surface area contributed by atoms with E-state index in [9.17, 15) is 9.59 Å². The van der Waals surface area contributed by atoms with Crippen molar-refractivity contribution in [1.82, 2.24) is 15.1 Å². The number of carbonyl (C=O) groups excluding carboxylic acids is 2. The summed E-state index contributed by atoms with van der Waals surface area (Å²) < 4.78 is 0. The Morgan fingerprint density at radius 2 is 1.91 bits per heavy atom.